The lowest BCUT2D eigenvalue weighted by atomic mass is 9.93. The molecule has 0 spiro atoms. The monoisotopic (exact) mass is 315 g/mol. The number of primary amides is 1. The molecule has 7 heteroatoms. The first-order valence-corrected chi connectivity index (χ1v) is 7.59. The van der Waals surface area contributed by atoms with Crippen LogP contribution in [0.3, 0.4) is 0 Å². The van der Waals surface area contributed by atoms with Crippen molar-refractivity contribution in [1.82, 2.24) is 4.90 Å². The van der Waals surface area contributed by atoms with Gasteiger partial charge in [-0.05, 0) is 26.8 Å². The lowest BCUT2D eigenvalue weighted by Gasteiger charge is -2.37. The van der Waals surface area contributed by atoms with Crippen LogP contribution in [0.5, 0.6) is 0 Å². The van der Waals surface area contributed by atoms with Gasteiger partial charge in [0.1, 0.15) is 13.4 Å². The van der Waals surface area contributed by atoms with Crippen molar-refractivity contribution in [3.8, 4) is 0 Å². The highest BCUT2D eigenvalue weighted by Gasteiger charge is 2.27. The minimum Gasteiger partial charge on any atom is -0.444 e. The molecular weight excluding hydrogens is 293 g/mol. The lowest BCUT2D eigenvalue weighted by Crippen LogP contribution is -2.50. The molecule has 2 N–H and O–H groups in total. The van der Waals surface area contributed by atoms with Gasteiger partial charge in [0.15, 0.2) is 0 Å². The first kappa shape index (κ1) is 17.2. The SMILES string of the molecule is [B]c1ccc(N2CCN(C(=O)OC(C)(C)C)CC2)c(C(N)=O)c1. The Hall–Kier alpha value is -2.18. The van der Waals surface area contributed by atoms with Crippen LogP contribution in [0.1, 0.15) is 31.1 Å². The Morgan fingerprint density at radius 2 is 1.78 bits per heavy atom. The van der Waals surface area contributed by atoms with Crippen molar-refractivity contribution in [2.75, 3.05) is 31.1 Å². The van der Waals surface area contributed by atoms with Crippen molar-refractivity contribution in [1.29, 1.82) is 0 Å². The number of nitrogens with zero attached hydrogens (tertiary/aromatic N) is 2. The first-order chi connectivity index (χ1) is 10.7. The summed E-state index contributed by atoms with van der Waals surface area (Å²) in [7, 11) is 5.72. The molecular formula is C16H22BN3O3. The molecule has 0 aromatic heterocycles. The Balaban J connectivity index is 2.05. The van der Waals surface area contributed by atoms with Gasteiger partial charge in [-0.25, -0.2) is 4.79 Å². The van der Waals surface area contributed by atoms with E-state index in [0.29, 0.717) is 37.2 Å². The van der Waals surface area contributed by atoms with E-state index in [0.717, 1.165) is 5.69 Å². The van der Waals surface area contributed by atoms with E-state index < -0.39 is 11.5 Å². The quantitative estimate of drug-likeness (QED) is 0.813. The predicted molar refractivity (Wildman–Crippen MR) is 90.4 cm³/mol. The van der Waals surface area contributed by atoms with Crippen LogP contribution in [0, 0.1) is 0 Å². The van der Waals surface area contributed by atoms with E-state index in [1.165, 1.54) is 0 Å². The second-order valence-corrected chi connectivity index (χ2v) is 6.60. The first-order valence-electron chi connectivity index (χ1n) is 7.59. The molecule has 23 heavy (non-hydrogen) atoms. The Morgan fingerprint density at radius 1 is 1.17 bits per heavy atom. The number of carbonyl (C=O) groups is 2. The lowest BCUT2D eigenvalue weighted by molar-refractivity contribution is 0.0240. The number of nitrogens with two attached hydrogens (primary N) is 1. The minimum absolute atomic E-state index is 0.315. The molecule has 1 aliphatic heterocycles. The minimum atomic E-state index is -0.512. The van der Waals surface area contributed by atoms with Crippen molar-refractivity contribution >= 4 is 31.0 Å². The van der Waals surface area contributed by atoms with E-state index in [1.807, 2.05) is 25.7 Å². The topological polar surface area (TPSA) is 75.9 Å². The number of hydrogen-bond acceptors (Lipinski definition) is 4. The van der Waals surface area contributed by atoms with Gasteiger partial charge in [-0.1, -0.05) is 17.6 Å². The second kappa shape index (κ2) is 6.52. The third-order valence-electron chi connectivity index (χ3n) is 3.56. The van der Waals surface area contributed by atoms with Crippen molar-refractivity contribution in [2.24, 2.45) is 5.73 Å². The molecule has 1 saturated heterocycles. The molecule has 1 aromatic rings. The molecule has 2 radical (unpaired) electrons. The van der Waals surface area contributed by atoms with Crippen molar-refractivity contribution < 1.29 is 14.3 Å². The number of carbonyl (C=O) groups excluding carboxylic acids is 2. The molecule has 1 heterocycles. The number of amides is 2. The third-order valence-corrected chi connectivity index (χ3v) is 3.56. The molecule has 0 aliphatic carbocycles. The van der Waals surface area contributed by atoms with E-state index in [-0.39, 0.29) is 6.09 Å². The number of anilines is 1. The van der Waals surface area contributed by atoms with Crippen LogP contribution in [0.2, 0.25) is 0 Å². The van der Waals surface area contributed by atoms with Crippen LogP contribution in [0.4, 0.5) is 10.5 Å². The number of hydrogen-bond donors (Lipinski definition) is 1. The summed E-state index contributed by atoms with van der Waals surface area (Å²) < 4.78 is 5.37. The Bertz CT molecular complexity index is 605. The molecule has 0 bridgehead atoms. The van der Waals surface area contributed by atoms with Gasteiger partial charge in [-0.15, -0.1) is 0 Å². The van der Waals surface area contributed by atoms with E-state index in [4.69, 9.17) is 18.3 Å². The summed E-state index contributed by atoms with van der Waals surface area (Å²) in [6, 6.07) is 5.11. The van der Waals surface area contributed by atoms with Crippen LogP contribution in [-0.2, 0) is 4.74 Å². The average molecular weight is 315 g/mol. The molecule has 6 nitrogen and oxygen atoms in total. The van der Waals surface area contributed by atoms with E-state index >= 15 is 0 Å². The van der Waals surface area contributed by atoms with Crippen molar-refractivity contribution in [2.45, 2.75) is 26.4 Å². The normalized spacial score (nSPS) is 15.4. The van der Waals surface area contributed by atoms with E-state index in [9.17, 15) is 9.59 Å². The zero-order chi connectivity index (χ0) is 17.2. The number of ether oxygens (including phenoxy) is 1. The fourth-order valence-electron chi connectivity index (χ4n) is 2.48. The molecule has 0 saturated carbocycles. The van der Waals surface area contributed by atoms with Gasteiger partial charge in [0.05, 0.1) is 5.56 Å². The number of benzene rings is 1. The third kappa shape index (κ3) is 4.40. The summed E-state index contributed by atoms with van der Waals surface area (Å²) in [4.78, 5) is 27.4. The molecule has 2 rings (SSSR count). The van der Waals surface area contributed by atoms with Gasteiger partial charge in [0.25, 0.3) is 5.91 Å². The molecule has 122 valence electrons. The maximum atomic E-state index is 12.1. The smallest absolute Gasteiger partial charge is 0.410 e. The van der Waals surface area contributed by atoms with Crippen LogP contribution >= 0.6 is 0 Å². The highest BCUT2D eigenvalue weighted by atomic mass is 16.6. The predicted octanol–water partition coefficient (Wildman–Crippen LogP) is 0.636. The summed E-state index contributed by atoms with van der Waals surface area (Å²) in [6.07, 6.45) is -0.315. The van der Waals surface area contributed by atoms with Gasteiger partial charge >= 0.3 is 6.09 Å². The summed E-state index contributed by atoms with van der Waals surface area (Å²) in [5, 5.41) is 0. The molecule has 2 amide bonds. The van der Waals surface area contributed by atoms with Gasteiger partial charge in [0, 0.05) is 31.9 Å². The van der Waals surface area contributed by atoms with Crippen LogP contribution in [0.15, 0.2) is 18.2 Å². The van der Waals surface area contributed by atoms with Gasteiger partial charge in [-0.3, -0.25) is 4.79 Å². The zero-order valence-corrected chi connectivity index (χ0v) is 13.8. The number of piperazine rings is 1. The Labute approximate surface area is 138 Å². The fourth-order valence-corrected chi connectivity index (χ4v) is 2.48. The van der Waals surface area contributed by atoms with Crippen LogP contribution in [-0.4, -0.2) is 56.5 Å². The van der Waals surface area contributed by atoms with Gasteiger partial charge in [-0.2, -0.15) is 0 Å². The molecule has 0 atom stereocenters. The molecule has 1 aliphatic rings. The summed E-state index contributed by atoms with van der Waals surface area (Å²) >= 11 is 0. The maximum absolute atomic E-state index is 12.1. The largest absolute Gasteiger partial charge is 0.444 e. The van der Waals surface area contributed by atoms with Gasteiger partial charge < -0.3 is 20.3 Å². The maximum Gasteiger partial charge on any atom is 0.410 e. The average Bonchev–Trinajstić information content (AvgIpc) is 2.45. The van der Waals surface area contributed by atoms with Gasteiger partial charge in [0.2, 0.25) is 0 Å². The zero-order valence-electron chi connectivity index (χ0n) is 13.8. The number of rotatable bonds is 2. The molecule has 1 fully saturated rings. The van der Waals surface area contributed by atoms with Crippen LogP contribution in [0.25, 0.3) is 0 Å². The second-order valence-electron chi connectivity index (χ2n) is 6.60. The summed E-state index contributed by atoms with van der Waals surface area (Å²) in [5.41, 5.74) is 6.56. The Kier molecular flexibility index (Phi) is 4.87. The molecule has 0 unspecified atom stereocenters. The fraction of sp³-hybridized carbons (Fsp3) is 0.500. The van der Waals surface area contributed by atoms with E-state index in [1.54, 1.807) is 23.1 Å². The summed E-state index contributed by atoms with van der Waals surface area (Å²) in [5.74, 6) is -0.512. The molecule has 1 aromatic carbocycles. The van der Waals surface area contributed by atoms with Crippen LogP contribution < -0.4 is 16.1 Å². The summed E-state index contributed by atoms with van der Waals surface area (Å²) in [6.45, 7) is 7.78. The highest BCUT2D eigenvalue weighted by Crippen LogP contribution is 2.21. The highest BCUT2D eigenvalue weighted by molar-refractivity contribution is 6.33. The van der Waals surface area contributed by atoms with Crippen molar-refractivity contribution in [3.05, 3.63) is 23.8 Å². The van der Waals surface area contributed by atoms with Crippen molar-refractivity contribution in [3.63, 3.8) is 0 Å². The van der Waals surface area contributed by atoms with E-state index in [2.05, 4.69) is 0 Å². The Morgan fingerprint density at radius 3 is 2.30 bits per heavy atom. The standard InChI is InChI=1S/C16H22BN3O3/c1-16(2,3)23-15(22)20-8-6-19(7-9-20)13-5-4-11(17)10-12(13)14(18)21/h4-5,10H,6-9H2,1-3H3,(H2,18,21).